The minimum absolute atomic E-state index is 0.217. The van der Waals surface area contributed by atoms with Crippen LogP contribution in [0.3, 0.4) is 0 Å². The molecule has 8 nitrogen and oxygen atoms in total. The maximum absolute atomic E-state index is 12.3. The van der Waals surface area contributed by atoms with Crippen LogP contribution in [0.2, 0.25) is 5.02 Å². The summed E-state index contributed by atoms with van der Waals surface area (Å²) in [6.45, 7) is 7.62. The molecule has 0 atom stereocenters. The summed E-state index contributed by atoms with van der Waals surface area (Å²) >= 11 is 6.28. The number of hydrogen-bond donors (Lipinski definition) is 2. The van der Waals surface area contributed by atoms with Gasteiger partial charge >= 0.3 is 0 Å². The average Bonchev–Trinajstić information content (AvgIpc) is 3.07. The van der Waals surface area contributed by atoms with Gasteiger partial charge in [0.25, 0.3) is 5.56 Å². The Morgan fingerprint density at radius 1 is 1.29 bits per heavy atom. The van der Waals surface area contributed by atoms with Crippen LogP contribution in [0.15, 0.2) is 23.1 Å². The summed E-state index contributed by atoms with van der Waals surface area (Å²) < 4.78 is 12.9. The first-order valence-electron chi connectivity index (χ1n) is 9.13. The van der Waals surface area contributed by atoms with Gasteiger partial charge in [-0.05, 0) is 44.9 Å². The van der Waals surface area contributed by atoms with E-state index in [-0.39, 0.29) is 11.1 Å². The molecule has 1 aliphatic rings. The van der Waals surface area contributed by atoms with Crippen LogP contribution >= 0.6 is 11.6 Å². The number of benzene rings is 1. The van der Waals surface area contributed by atoms with Crippen molar-refractivity contribution in [3.05, 3.63) is 39.3 Å². The molecule has 0 radical (unpaired) electrons. The first-order chi connectivity index (χ1) is 13.3. The van der Waals surface area contributed by atoms with Crippen LogP contribution < -0.4 is 20.3 Å². The molecule has 0 bridgehead atoms. The molecule has 4 rings (SSSR count). The van der Waals surface area contributed by atoms with E-state index in [1.165, 1.54) is 0 Å². The molecule has 2 aromatic heterocycles. The highest BCUT2D eigenvalue weighted by atomic mass is 35.5. The number of aromatic nitrogens is 4. The minimum Gasteiger partial charge on any atom is -0.486 e. The second kappa shape index (κ2) is 7.01. The molecular weight excluding hydrogens is 382 g/mol. The molecule has 1 aliphatic heterocycles. The Balaban J connectivity index is 1.52. The first-order valence-corrected chi connectivity index (χ1v) is 9.51. The van der Waals surface area contributed by atoms with Gasteiger partial charge in [-0.2, -0.15) is 10.1 Å². The number of nitrogens with one attached hydrogen (secondary N) is 2. The number of ether oxygens (including phenoxy) is 2. The molecule has 0 saturated carbocycles. The van der Waals surface area contributed by atoms with Gasteiger partial charge in [-0.1, -0.05) is 11.6 Å². The predicted octanol–water partition coefficient (Wildman–Crippen LogP) is 2.95. The minimum atomic E-state index is -0.276. The normalized spacial score (nSPS) is 13.7. The van der Waals surface area contributed by atoms with E-state index in [4.69, 9.17) is 21.1 Å². The van der Waals surface area contributed by atoms with Crippen molar-refractivity contribution >= 4 is 28.6 Å². The highest BCUT2D eigenvalue weighted by Gasteiger charge is 2.20. The van der Waals surface area contributed by atoms with Crippen molar-refractivity contribution in [2.24, 2.45) is 0 Å². The summed E-state index contributed by atoms with van der Waals surface area (Å²) in [6.07, 6.45) is 2.23. The van der Waals surface area contributed by atoms with Crippen LogP contribution in [0, 0.1) is 0 Å². The maximum atomic E-state index is 12.3. The monoisotopic (exact) mass is 403 g/mol. The Kier molecular flexibility index (Phi) is 4.66. The van der Waals surface area contributed by atoms with Gasteiger partial charge in [0, 0.05) is 6.54 Å². The summed E-state index contributed by atoms with van der Waals surface area (Å²) in [4.78, 5) is 19.6. The molecule has 0 aliphatic carbocycles. The standard InChI is InChI=1S/C19H22ClN5O3/c1-19(2,3)25-16-12(10-22-25)17(26)24-18(23-16)21-5-4-11-8-13(20)15-14(9-11)27-6-7-28-15/h8-10H,4-7H2,1-3H3,(H2,21,23,24,26). The summed E-state index contributed by atoms with van der Waals surface area (Å²) in [5, 5.41) is 8.49. The van der Waals surface area contributed by atoms with Crippen LogP contribution in [-0.2, 0) is 12.0 Å². The zero-order valence-corrected chi connectivity index (χ0v) is 16.8. The summed E-state index contributed by atoms with van der Waals surface area (Å²) in [5.41, 5.74) is 1.07. The van der Waals surface area contributed by atoms with Crippen LogP contribution in [-0.4, -0.2) is 39.5 Å². The third-order valence-electron chi connectivity index (χ3n) is 4.44. The van der Waals surface area contributed by atoms with Crippen molar-refractivity contribution < 1.29 is 9.47 Å². The van der Waals surface area contributed by atoms with E-state index in [0.29, 0.717) is 59.7 Å². The lowest BCUT2D eigenvalue weighted by molar-refractivity contribution is 0.171. The van der Waals surface area contributed by atoms with Gasteiger partial charge in [0.05, 0.1) is 16.8 Å². The van der Waals surface area contributed by atoms with E-state index < -0.39 is 0 Å². The Hall–Kier alpha value is -2.74. The molecule has 3 heterocycles. The average molecular weight is 404 g/mol. The van der Waals surface area contributed by atoms with Crippen molar-refractivity contribution in [2.45, 2.75) is 32.7 Å². The SMILES string of the molecule is CC(C)(C)n1ncc2c(=O)[nH]c(NCCc3cc(Cl)c4c(c3)OCCO4)nc21. The zero-order valence-electron chi connectivity index (χ0n) is 16.0. The third-order valence-corrected chi connectivity index (χ3v) is 4.72. The second-order valence-corrected chi connectivity index (χ2v) is 8.06. The molecular formula is C19H22ClN5O3. The molecule has 0 amide bonds. The largest absolute Gasteiger partial charge is 0.486 e. The summed E-state index contributed by atoms with van der Waals surface area (Å²) in [5.74, 6) is 1.67. The predicted molar refractivity (Wildman–Crippen MR) is 108 cm³/mol. The van der Waals surface area contributed by atoms with Crippen molar-refractivity contribution in [3.8, 4) is 11.5 Å². The number of nitrogens with zero attached hydrogens (tertiary/aromatic N) is 3. The van der Waals surface area contributed by atoms with Gasteiger partial charge in [0.1, 0.15) is 18.6 Å². The van der Waals surface area contributed by atoms with Gasteiger partial charge in [0.15, 0.2) is 17.1 Å². The van der Waals surface area contributed by atoms with Crippen LogP contribution in [0.5, 0.6) is 11.5 Å². The lowest BCUT2D eigenvalue weighted by Crippen LogP contribution is -2.24. The van der Waals surface area contributed by atoms with E-state index >= 15 is 0 Å². The van der Waals surface area contributed by atoms with Gasteiger partial charge in [-0.3, -0.25) is 9.78 Å². The van der Waals surface area contributed by atoms with E-state index in [0.717, 1.165) is 5.56 Å². The quantitative estimate of drug-likeness (QED) is 0.695. The van der Waals surface area contributed by atoms with Crippen LogP contribution in [0.25, 0.3) is 11.0 Å². The van der Waals surface area contributed by atoms with Gasteiger partial charge in [-0.25, -0.2) is 4.68 Å². The van der Waals surface area contributed by atoms with Crippen molar-refractivity contribution in [2.75, 3.05) is 25.1 Å². The number of halogens is 1. The fourth-order valence-electron chi connectivity index (χ4n) is 3.13. The number of aromatic amines is 1. The molecule has 0 fully saturated rings. The molecule has 28 heavy (non-hydrogen) atoms. The highest BCUT2D eigenvalue weighted by molar-refractivity contribution is 6.32. The number of rotatable bonds is 4. The Bertz CT molecular complexity index is 1080. The fourth-order valence-corrected chi connectivity index (χ4v) is 3.41. The van der Waals surface area contributed by atoms with E-state index in [1.54, 1.807) is 10.9 Å². The number of hydrogen-bond acceptors (Lipinski definition) is 6. The summed E-state index contributed by atoms with van der Waals surface area (Å²) in [6, 6.07) is 3.79. The molecule has 0 unspecified atom stereocenters. The maximum Gasteiger partial charge on any atom is 0.263 e. The van der Waals surface area contributed by atoms with Crippen molar-refractivity contribution in [1.82, 2.24) is 19.7 Å². The van der Waals surface area contributed by atoms with E-state index in [9.17, 15) is 4.79 Å². The molecule has 2 N–H and O–H groups in total. The Morgan fingerprint density at radius 3 is 2.86 bits per heavy atom. The van der Waals surface area contributed by atoms with Gasteiger partial charge in [0.2, 0.25) is 5.95 Å². The van der Waals surface area contributed by atoms with E-state index in [2.05, 4.69) is 20.4 Å². The molecule has 9 heteroatoms. The van der Waals surface area contributed by atoms with Crippen molar-refractivity contribution in [3.63, 3.8) is 0 Å². The molecule has 0 spiro atoms. The topological polar surface area (TPSA) is 94.1 Å². The van der Waals surface area contributed by atoms with Crippen LogP contribution in [0.1, 0.15) is 26.3 Å². The second-order valence-electron chi connectivity index (χ2n) is 7.66. The van der Waals surface area contributed by atoms with E-state index in [1.807, 2.05) is 32.9 Å². The Labute approximate surface area is 166 Å². The first kappa shape index (κ1) is 18.6. The fraction of sp³-hybridized carbons (Fsp3) is 0.421. The van der Waals surface area contributed by atoms with Gasteiger partial charge < -0.3 is 14.8 Å². The van der Waals surface area contributed by atoms with Crippen molar-refractivity contribution in [1.29, 1.82) is 0 Å². The number of fused-ring (bicyclic) bond motifs is 2. The highest BCUT2D eigenvalue weighted by Crippen LogP contribution is 2.38. The third kappa shape index (κ3) is 3.52. The van der Waals surface area contributed by atoms with Crippen LogP contribution in [0.4, 0.5) is 5.95 Å². The lowest BCUT2D eigenvalue weighted by atomic mass is 10.1. The molecule has 3 aromatic rings. The van der Waals surface area contributed by atoms with Gasteiger partial charge in [-0.15, -0.1) is 0 Å². The molecule has 0 saturated heterocycles. The number of H-pyrrole nitrogens is 1. The zero-order chi connectivity index (χ0) is 19.9. The molecule has 1 aromatic carbocycles. The Morgan fingerprint density at radius 2 is 2.07 bits per heavy atom. The molecule has 148 valence electrons. The lowest BCUT2D eigenvalue weighted by Gasteiger charge is -2.20. The summed E-state index contributed by atoms with van der Waals surface area (Å²) in [7, 11) is 0. The smallest absolute Gasteiger partial charge is 0.263 e. The number of anilines is 1.